The van der Waals surface area contributed by atoms with Crippen molar-refractivity contribution in [3.63, 3.8) is 0 Å². The fourth-order valence-corrected chi connectivity index (χ4v) is 7.48. The van der Waals surface area contributed by atoms with Gasteiger partial charge in [-0.05, 0) is 86.8 Å². The monoisotopic (exact) mass is 598 g/mol. The topological polar surface area (TPSA) is 137 Å². The Labute approximate surface area is 245 Å². The van der Waals surface area contributed by atoms with Crippen molar-refractivity contribution in [1.82, 2.24) is 14.5 Å². The first-order valence-corrected chi connectivity index (χ1v) is 14.5. The Kier molecular flexibility index (Phi) is 6.96. The molecule has 0 radical (unpaired) electrons. The summed E-state index contributed by atoms with van der Waals surface area (Å²) in [6, 6.07) is 6.73. The summed E-state index contributed by atoms with van der Waals surface area (Å²) in [5.41, 5.74) is 8.59. The second kappa shape index (κ2) is 10.2. The van der Waals surface area contributed by atoms with Crippen LogP contribution >= 0.6 is 11.6 Å². The van der Waals surface area contributed by atoms with Crippen molar-refractivity contribution in [3.8, 4) is 5.69 Å². The van der Waals surface area contributed by atoms with Gasteiger partial charge in [-0.15, -0.1) is 11.6 Å². The molecule has 0 saturated carbocycles. The van der Waals surface area contributed by atoms with Gasteiger partial charge in [-0.2, -0.15) is 0 Å². The lowest BCUT2D eigenvalue weighted by Gasteiger charge is -2.37. The molecular weight excluding hydrogens is 566 g/mol. The van der Waals surface area contributed by atoms with Crippen LogP contribution in [0.2, 0.25) is 0 Å². The summed E-state index contributed by atoms with van der Waals surface area (Å²) in [6.45, 7) is 5.40. The van der Waals surface area contributed by atoms with E-state index in [1.807, 2.05) is 19.9 Å². The highest BCUT2D eigenvalue weighted by Crippen LogP contribution is 2.50. The lowest BCUT2D eigenvalue weighted by atomic mass is 9.71. The number of alkyl halides is 1. The van der Waals surface area contributed by atoms with E-state index in [0.717, 1.165) is 45.1 Å². The first-order chi connectivity index (χ1) is 19.8. The van der Waals surface area contributed by atoms with Gasteiger partial charge in [0.2, 0.25) is 0 Å². The van der Waals surface area contributed by atoms with Gasteiger partial charge < -0.3 is 25.9 Å². The van der Waals surface area contributed by atoms with E-state index in [-0.39, 0.29) is 28.4 Å². The first kappa shape index (κ1) is 28.8. The fraction of sp³-hybridized carbons (Fsp3) is 0.419. The Morgan fingerprint density at radius 3 is 2.62 bits per heavy atom. The van der Waals surface area contributed by atoms with Crippen LogP contribution in [-0.2, 0) is 12.8 Å². The largest absolute Gasteiger partial charge is 0.390 e. The maximum absolute atomic E-state index is 14.4. The van der Waals surface area contributed by atoms with Gasteiger partial charge in [-0.3, -0.25) is 4.79 Å². The van der Waals surface area contributed by atoms with Crippen LogP contribution in [-0.4, -0.2) is 42.0 Å². The average Bonchev–Trinajstić information content (AvgIpc) is 3.28. The number of H-pyrrole nitrogens is 2. The molecule has 5 atom stereocenters. The number of halogens is 3. The molecule has 2 aliphatic carbocycles. The Morgan fingerprint density at radius 2 is 1.93 bits per heavy atom. The van der Waals surface area contributed by atoms with E-state index in [9.17, 15) is 28.6 Å². The third-order valence-corrected chi connectivity index (χ3v) is 9.67. The maximum Gasteiger partial charge on any atom is 0.333 e. The highest BCUT2D eigenvalue weighted by atomic mass is 35.5. The SMILES string of the molecule is Cc1c(C2c3c([nH]c4c3CCC(C(C)(C)O)C4)C(C(N)O)CC2Cl)cccc1-n1c(=O)[nH]c2c(F)cc(F)cc2c1=O. The Balaban J connectivity index is 1.54. The van der Waals surface area contributed by atoms with Gasteiger partial charge in [0.05, 0.1) is 22.2 Å². The summed E-state index contributed by atoms with van der Waals surface area (Å²) in [5, 5.41) is 20.5. The molecule has 2 aromatic heterocycles. The molecule has 5 unspecified atom stereocenters. The minimum absolute atomic E-state index is 0.0443. The van der Waals surface area contributed by atoms with Crippen molar-refractivity contribution in [2.45, 2.75) is 75.5 Å². The van der Waals surface area contributed by atoms with Crippen LogP contribution in [0.5, 0.6) is 0 Å². The van der Waals surface area contributed by atoms with Gasteiger partial charge in [0, 0.05) is 34.7 Å². The summed E-state index contributed by atoms with van der Waals surface area (Å²) in [4.78, 5) is 32.5. The number of nitrogens with two attached hydrogens (primary N) is 1. The van der Waals surface area contributed by atoms with Gasteiger partial charge in [-0.1, -0.05) is 12.1 Å². The summed E-state index contributed by atoms with van der Waals surface area (Å²) >= 11 is 7.09. The number of nitrogens with zero attached hydrogens (tertiary/aromatic N) is 1. The van der Waals surface area contributed by atoms with Crippen molar-refractivity contribution in [2.75, 3.05) is 0 Å². The zero-order valence-electron chi connectivity index (χ0n) is 23.5. The van der Waals surface area contributed by atoms with Crippen molar-refractivity contribution >= 4 is 22.5 Å². The number of hydrogen-bond donors (Lipinski definition) is 5. The molecule has 8 nitrogen and oxygen atoms in total. The molecule has 4 aromatic rings. The molecule has 0 saturated heterocycles. The van der Waals surface area contributed by atoms with Gasteiger partial charge in [0.1, 0.15) is 12.0 Å². The minimum atomic E-state index is -1.14. The molecular formula is C31H33ClF2N4O4. The van der Waals surface area contributed by atoms with Crippen LogP contribution < -0.4 is 17.0 Å². The summed E-state index contributed by atoms with van der Waals surface area (Å²) in [7, 11) is 0. The zero-order chi connectivity index (χ0) is 30.2. The molecule has 42 heavy (non-hydrogen) atoms. The number of nitrogens with one attached hydrogen (secondary N) is 2. The molecule has 0 bridgehead atoms. The van der Waals surface area contributed by atoms with Crippen molar-refractivity contribution in [3.05, 3.63) is 96.4 Å². The van der Waals surface area contributed by atoms with Crippen LogP contribution in [0, 0.1) is 24.5 Å². The normalized spacial score (nSPS) is 23.1. The molecule has 11 heteroatoms. The number of benzene rings is 2. The maximum atomic E-state index is 14.4. The first-order valence-electron chi connectivity index (χ1n) is 14.1. The highest BCUT2D eigenvalue weighted by Gasteiger charge is 2.43. The van der Waals surface area contributed by atoms with E-state index in [1.54, 1.807) is 19.1 Å². The molecule has 222 valence electrons. The van der Waals surface area contributed by atoms with E-state index in [0.29, 0.717) is 30.9 Å². The zero-order valence-corrected chi connectivity index (χ0v) is 24.2. The van der Waals surface area contributed by atoms with Gasteiger partial charge in [0.25, 0.3) is 5.56 Å². The standard InChI is InChI=1S/C31H33ClF2N4O4/c1-13-16(5-4-6-23(13)38-29(40)19-10-15(33)11-21(34)26(19)37-30(38)41)24-20(32)12-18(28(35)39)27-25(24)17-8-7-14(31(2,3)42)9-22(17)36-27/h4-6,10-11,14,18,20,24,28,36,39,42H,7-9,12,35H2,1-3H3,(H,37,41). The number of fused-ring (bicyclic) bond motifs is 4. The highest BCUT2D eigenvalue weighted by molar-refractivity contribution is 6.21. The molecule has 0 amide bonds. The summed E-state index contributed by atoms with van der Waals surface area (Å²) in [6.07, 6.45) is 1.34. The van der Waals surface area contributed by atoms with Crippen LogP contribution in [0.15, 0.2) is 39.9 Å². The van der Waals surface area contributed by atoms with Gasteiger partial charge >= 0.3 is 5.69 Å². The fourth-order valence-electron chi connectivity index (χ4n) is 7.03. The third kappa shape index (κ3) is 4.52. The molecule has 2 aromatic carbocycles. The van der Waals surface area contributed by atoms with E-state index in [1.165, 1.54) is 0 Å². The van der Waals surface area contributed by atoms with Crippen LogP contribution in [0.25, 0.3) is 16.6 Å². The Morgan fingerprint density at radius 1 is 1.19 bits per heavy atom. The Bertz CT molecular complexity index is 1840. The minimum Gasteiger partial charge on any atom is -0.390 e. The van der Waals surface area contributed by atoms with Gasteiger partial charge in [-0.25, -0.2) is 18.1 Å². The van der Waals surface area contributed by atoms with Gasteiger partial charge in [0.15, 0.2) is 5.82 Å². The third-order valence-electron chi connectivity index (χ3n) is 9.24. The van der Waals surface area contributed by atoms with Crippen molar-refractivity contribution in [2.24, 2.45) is 11.7 Å². The predicted octanol–water partition coefficient (Wildman–Crippen LogP) is 3.97. The van der Waals surface area contributed by atoms with E-state index >= 15 is 0 Å². The van der Waals surface area contributed by atoms with Crippen molar-refractivity contribution in [1.29, 1.82) is 0 Å². The summed E-state index contributed by atoms with van der Waals surface area (Å²) < 4.78 is 29.3. The second-order valence-electron chi connectivity index (χ2n) is 12.2. The quantitative estimate of drug-likeness (QED) is 0.179. The average molecular weight is 599 g/mol. The van der Waals surface area contributed by atoms with E-state index in [2.05, 4.69) is 9.97 Å². The smallest absolute Gasteiger partial charge is 0.333 e. The molecule has 0 spiro atoms. The summed E-state index contributed by atoms with van der Waals surface area (Å²) in [5.74, 6) is -2.70. The van der Waals surface area contributed by atoms with E-state index in [4.69, 9.17) is 17.3 Å². The molecule has 2 heterocycles. The number of aromatic amines is 2. The lowest BCUT2D eigenvalue weighted by molar-refractivity contribution is 0.0106. The number of aliphatic hydroxyl groups excluding tert-OH is 1. The molecule has 2 aliphatic rings. The number of rotatable bonds is 4. The van der Waals surface area contributed by atoms with E-state index < -0.39 is 46.0 Å². The molecule has 0 fully saturated rings. The second-order valence-corrected chi connectivity index (χ2v) is 12.8. The molecule has 6 rings (SSSR count). The number of hydrogen-bond acceptors (Lipinski definition) is 5. The lowest BCUT2D eigenvalue weighted by Crippen LogP contribution is -2.37. The van der Waals surface area contributed by atoms with Crippen LogP contribution in [0.4, 0.5) is 8.78 Å². The van der Waals surface area contributed by atoms with Crippen molar-refractivity contribution < 1.29 is 19.0 Å². The number of aromatic nitrogens is 3. The predicted molar refractivity (Wildman–Crippen MR) is 156 cm³/mol. The Hall–Kier alpha value is -3.31. The molecule has 0 aliphatic heterocycles. The molecule has 6 N–H and O–H groups in total. The van der Waals surface area contributed by atoms with Crippen LogP contribution in [0.3, 0.4) is 0 Å². The number of aliphatic hydroxyl groups is 2. The van der Waals surface area contributed by atoms with Crippen LogP contribution in [0.1, 0.15) is 72.2 Å².